The molecule has 0 fully saturated rings. The number of imidazole rings is 1. The molecule has 4 aromatic rings. The molecule has 0 unspecified atom stereocenters. The number of thiophene rings is 1. The molecular formula is C23H22ClN5S. The Balaban J connectivity index is 1.39. The summed E-state index contributed by atoms with van der Waals surface area (Å²) in [5.41, 5.74) is 4.47. The molecule has 0 amide bonds. The van der Waals surface area contributed by atoms with Crippen molar-refractivity contribution in [1.82, 2.24) is 24.3 Å². The highest BCUT2D eigenvalue weighted by atomic mass is 35.5. The van der Waals surface area contributed by atoms with Gasteiger partial charge in [0.2, 0.25) is 0 Å². The number of aryl methyl sites for hydroxylation is 3. The standard InChI is InChI=1S/C23H22ClN5S/c1-15-12-17(5-7-19(15)28-13-16(2)25-14-28)6-10-22-26-23-18(4-3-11-29(23)27-22)20-8-9-21(24)30-20/h5-10,12-14,18H,3-4,11H2,1-2H3/b10-6+/t18-/m1/s1. The maximum Gasteiger partial charge on any atom is 0.174 e. The van der Waals surface area contributed by atoms with Crippen molar-refractivity contribution in [3.05, 3.63) is 80.5 Å². The molecule has 1 aliphatic heterocycles. The van der Waals surface area contributed by atoms with Crippen molar-refractivity contribution < 1.29 is 0 Å². The van der Waals surface area contributed by atoms with E-state index in [4.69, 9.17) is 21.7 Å². The van der Waals surface area contributed by atoms with Gasteiger partial charge < -0.3 is 4.57 Å². The first-order valence-corrected chi connectivity index (χ1v) is 11.3. The third kappa shape index (κ3) is 3.73. The summed E-state index contributed by atoms with van der Waals surface area (Å²) >= 11 is 7.79. The lowest BCUT2D eigenvalue weighted by atomic mass is 9.97. The van der Waals surface area contributed by atoms with Crippen molar-refractivity contribution in [2.24, 2.45) is 0 Å². The zero-order chi connectivity index (χ0) is 20.7. The quantitative estimate of drug-likeness (QED) is 0.401. The van der Waals surface area contributed by atoms with E-state index >= 15 is 0 Å². The summed E-state index contributed by atoms with van der Waals surface area (Å²) < 4.78 is 4.93. The smallest absolute Gasteiger partial charge is 0.174 e. The first-order valence-electron chi connectivity index (χ1n) is 10.1. The largest absolute Gasteiger partial charge is 0.306 e. The number of hydrogen-bond acceptors (Lipinski definition) is 4. The van der Waals surface area contributed by atoms with Crippen molar-refractivity contribution >= 4 is 35.1 Å². The lowest BCUT2D eigenvalue weighted by Gasteiger charge is -2.20. The van der Waals surface area contributed by atoms with Crippen LogP contribution in [0.5, 0.6) is 0 Å². The third-order valence-electron chi connectivity index (χ3n) is 5.46. The third-order valence-corrected chi connectivity index (χ3v) is 6.81. The van der Waals surface area contributed by atoms with Gasteiger partial charge in [-0.2, -0.15) is 5.10 Å². The molecule has 0 spiro atoms. The van der Waals surface area contributed by atoms with Crippen LogP contribution < -0.4 is 0 Å². The molecule has 1 aromatic carbocycles. The Morgan fingerprint density at radius 2 is 2.07 bits per heavy atom. The Hall–Kier alpha value is -2.70. The molecule has 0 N–H and O–H groups in total. The summed E-state index contributed by atoms with van der Waals surface area (Å²) in [5.74, 6) is 2.08. The average Bonchev–Trinajstić information content (AvgIpc) is 3.45. The molecular weight excluding hydrogens is 414 g/mol. The fraction of sp³-hybridized carbons (Fsp3) is 0.261. The molecule has 152 valence electrons. The lowest BCUT2D eigenvalue weighted by Crippen LogP contribution is -2.17. The van der Waals surface area contributed by atoms with E-state index in [0.29, 0.717) is 0 Å². The van der Waals surface area contributed by atoms with E-state index in [1.165, 1.54) is 10.4 Å². The molecule has 30 heavy (non-hydrogen) atoms. The zero-order valence-corrected chi connectivity index (χ0v) is 18.5. The Morgan fingerprint density at radius 1 is 1.17 bits per heavy atom. The number of hydrogen-bond donors (Lipinski definition) is 0. The molecule has 0 radical (unpaired) electrons. The van der Waals surface area contributed by atoms with Crippen LogP contribution in [0.15, 0.2) is 42.9 Å². The summed E-state index contributed by atoms with van der Waals surface area (Å²) in [6.45, 7) is 5.04. The van der Waals surface area contributed by atoms with E-state index in [1.807, 2.05) is 31.6 Å². The summed E-state index contributed by atoms with van der Waals surface area (Å²) in [6, 6.07) is 10.5. The second-order valence-corrected chi connectivity index (χ2v) is 9.44. The van der Waals surface area contributed by atoms with Crippen molar-refractivity contribution in [3.8, 4) is 5.69 Å². The van der Waals surface area contributed by atoms with Crippen LogP contribution in [0.3, 0.4) is 0 Å². The van der Waals surface area contributed by atoms with Gasteiger partial charge in [-0.3, -0.25) is 0 Å². The minimum Gasteiger partial charge on any atom is -0.306 e. The normalized spacial score (nSPS) is 16.3. The van der Waals surface area contributed by atoms with Crippen molar-refractivity contribution in [3.63, 3.8) is 0 Å². The van der Waals surface area contributed by atoms with E-state index in [0.717, 1.165) is 52.3 Å². The van der Waals surface area contributed by atoms with Crippen LogP contribution in [0.1, 0.15) is 52.1 Å². The number of nitrogens with zero attached hydrogens (tertiary/aromatic N) is 5. The topological polar surface area (TPSA) is 48.5 Å². The highest BCUT2D eigenvalue weighted by Gasteiger charge is 2.26. The van der Waals surface area contributed by atoms with Crippen LogP contribution in [0, 0.1) is 13.8 Å². The second kappa shape index (κ2) is 7.85. The molecule has 0 saturated carbocycles. The zero-order valence-electron chi connectivity index (χ0n) is 16.9. The van der Waals surface area contributed by atoms with Gasteiger partial charge in [0.15, 0.2) is 5.82 Å². The first-order chi connectivity index (χ1) is 14.6. The monoisotopic (exact) mass is 435 g/mol. The minimum atomic E-state index is 0.283. The molecule has 0 bridgehead atoms. The van der Waals surface area contributed by atoms with Crippen LogP contribution in [-0.4, -0.2) is 24.3 Å². The molecule has 7 heteroatoms. The fourth-order valence-corrected chi connectivity index (χ4v) is 5.21. The van der Waals surface area contributed by atoms with E-state index < -0.39 is 0 Å². The maximum atomic E-state index is 6.15. The minimum absolute atomic E-state index is 0.283. The Morgan fingerprint density at radius 3 is 2.80 bits per heavy atom. The number of aromatic nitrogens is 5. The van der Waals surface area contributed by atoms with Gasteiger partial charge >= 0.3 is 0 Å². The van der Waals surface area contributed by atoms with E-state index in [9.17, 15) is 0 Å². The van der Waals surface area contributed by atoms with Crippen LogP contribution in [-0.2, 0) is 6.54 Å². The van der Waals surface area contributed by atoms with Crippen molar-refractivity contribution in [2.45, 2.75) is 39.2 Å². The molecule has 4 heterocycles. The van der Waals surface area contributed by atoms with Gasteiger partial charge in [-0.1, -0.05) is 23.7 Å². The van der Waals surface area contributed by atoms with Crippen molar-refractivity contribution in [2.75, 3.05) is 0 Å². The summed E-state index contributed by atoms with van der Waals surface area (Å²) in [6.07, 6.45) is 10.2. The van der Waals surface area contributed by atoms with Gasteiger partial charge in [-0.05, 0) is 68.2 Å². The van der Waals surface area contributed by atoms with E-state index in [2.05, 4.69) is 51.5 Å². The highest BCUT2D eigenvalue weighted by molar-refractivity contribution is 7.16. The van der Waals surface area contributed by atoms with E-state index in [1.54, 1.807) is 11.3 Å². The predicted octanol–water partition coefficient (Wildman–Crippen LogP) is 5.89. The summed E-state index contributed by atoms with van der Waals surface area (Å²) in [5, 5.41) is 4.72. The predicted molar refractivity (Wildman–Crippen MR) is 122 cm³/mol. The van der Waals surface area contributed by atoms with Crippen LogP contribution >= 0.6 is 22.9 Å². The number of benzene rings is 1. The van der Waals surface area contributed by atoms with Gasteiger partial charge in [0.25, 0.3) is 0 Å². The molecule has 0 saturated heterocycles. The molecule has 0 aliphatic carbocycles. The SMILES string of the molecule is Cc1cn(-c2ccc(/C=C/c3nc4n(n3)CCC[C@@H]4c3ccc(Cl)s3)cc2C)cn1. The lowest BCUT2D eigenvalue weighted by molar-refractivity contribution is 0.448. The maximum absolute atomic E-state index is 6.15. The van der Waals surface area contributed by atoms with Gasteiger partial charge in [-0.15, -0.1) is 11.3 Å². The van der Waals surface area contributed by atoms with E-state index in [-0.39, 0.29) is 5.92 Å². The van der Waals surface area contributed by atoms with Gasteiger partial charge in [0.1, 0.15) is 5.82 Å². The Labute approximate surface area is 184 Å². The molecule has 3 aromatic heterocycles. The highest BCUT2D eigenvalue weighted by Crippen LogP contribution is 2.37. The van der Waals surface area contributed by atoms with Gasteiger partial charge in [-0.25, -0.2) is 14.6 Å². The first kappa shape index (κ1) is 19.3. The molecule has 1 atom stereocenters. The number of fused-ring (bicyclic) bond motifs is 1. The van der Waals surface area contributed by atoms with Gasteiger partial charge in [0, 0.05) is 23.3 Å². The molecule has 5 nitrogen and oxygen atoms in total. The molecule has 1 aliphatic rings. The van der Waals surface area contributed by atoms with Crippen LogP contribution in [0.4, 0.5) is 0 Å². The number of halogens is 1. The fourth-order valence-electron chi connectivity index (χ4n) is 4.02. The van der Waals surface area contributed by atoms with Crippen LogP contribution in [0.25, 0.3) is 17.8 Å². The van der Waals surface area contributed by atoms with Crippen LogP contribution in [0.2, 0.25) is 4.34 Å². The molecule has 5 rings (SSSR count). The Kier molecular flexibility index (Phi) is 5.05. The summed E-state index contributed by atoms with van der Waals surface area (Å²) in [7, 11) is 0. The van der Waals surface area contributed by atoms with Gasteiger partial charge in [0.05, 0.1) is 22.3 Å². The average molecular weight is 436 g/mol. The second-order valence-electron chi connectivity index (χ2n) is 7.69. The van der Waals surface area contributed by atoms with Crippen molar-refractivity contribution in [1.29, 1.82) is 0 Å². The Bertz CT molecular complexity index is 1230. The summed E-state index contributed by atoms with van der Waals surface area (Å²) in [4.78, 5) is 10.4. The number of rotatable bonds is 4.